The molecule has 1 aliphatic rings. The lowest BCUT2D eigenvalue weighted by Crippen LogP contribution is -2.46. The first-order valence-corrected chi connectivity index (χ1v) is 5.84. The van der Waals surface area contributed by atoms with E-state index in [4.69, 9.17) is 9.84 Å². The summed E-state index contributed by atoms with van der Waals surface area (Å²) in [6, 6.07) is -0.0174. The van der Waals surface area contributed by atoms with Gasteiger partial charge in [0.1, 0.15) is 6.04 Å². The second-order valence-corrected chi connectivity index (χ2v) is 4.30. The van der Waals surface area contributed by atoms with Gasteiger partial charge in [-0.05, 0) is 26.3 Å². The van der Waals surface area contributed by atoms with E-state index in [0.717, 1.165) is 19.5 Å². The number of rotatable bonds is 7. The van der Waals surface area contributed by atoms with Gasteiger partial charge in [0.25, 0.3) is 0 Å². The van der Waals surface area contributed by atoms with E-state index in [2.05, 4.69) is 5.32 Å². The van der Waals surface area contributed by atoms with Crippen molar-refractivity contribution in [2.45, 2.75) is 31.8 Å². The zero-order valence-electron chi connectivity index (χ0n) is 10.1. The summed E-state index contributed by atoms with van der Waals surface area (Å²) in [5.41, 5.74) is 0. The maximum Gasteiger partial charge on any atom is 0.320 e. The van der Waals surface area contributed by atoms with E-state index in [0.29, 0.717) is 19.2 Å². The zero-order chi connectivity index (χ0) is 12.0. The van der Waals surface area contributed by atoms with Gasteiger partial charge in [0.2, 0.25) is 0 Å². The van der Waals surface area contributed by atoms with E-state index < -0.39 is 12.0 Å². The third-order valence-corrected chi connectivity index (χ3v) is 3.11. The Morgan fingerprint density at radius 2 is 2.44 bits per heavy atom. The molecule has 2 N–H and O–H groups in total. The lowest BCUT2D eigenvalue weighted by Gasteiger charge is -2.28. The Bertz CT molecular complexity index is 217. The molecule has 2 unspecified atom stereocenters. The topological polar surface area (TPSA) is 61.8 Å². The van der Waals surface area contributed by atoms with E-state index in [-0.39, 0.29) is 0 Å². The van der Waals surface area contributed by atoms with Crippen molar-refractivity contribution in [1.29, 1.82) is 0 Å². The summed E-state index contributed by atoms with van der Waals surface area (Å²) in [7, 11) is 1.64. The number of methoxy groups -OCH3 is 1. The van der Waals surface area contributed by atoms with Gasteiger partial charge in [0.15, 0.2) is 0 Å². The van der Waals surface area contributed by atoms with Crippen LogP contribution in [0, 0.1) is 0 Å². The lowest BCUT2D eigenvalue weighted by atomic mass is 10.2. The largest absolute Gasteiger partial charge is 0.480 e. The minimum absolute atomic E-state index is 0.429. The van der Waals surface area contributed by atoms with Crippen LogP contribution in [0.25, 0.3) is 0 Å². The lowest BCUT2D eigenvalue weighted by molar-refractivity contribution is -0.142. The van der Waals surface area contributed by atoms with Gasteiger partial charge >= 0.3 is 5.97 Å². The van der Waals surface area contributed by atoms with Gasteiger partial charge in [-0.1, -0.05) is 0 Å². The van der Waals surface area contributed by atoms with Crippen molar-refractivity contribution in [1.82, 2.24) is 10.2 Å². The number of carbonyl (C=O) groups is 1. The second-order valence-electron chi connectivity index (χ2n) is 4.30. The van der Waals surface area contributed by atoms with Gasteiger partial charge in [-0.25, -0.2) is 0 Å². The van der Waals surface area contributed by atoms with Crippen LogP contribution in [0.3, 0.4) is 0 Å². The Morgan fingerprint density at radius 1 is 1.69 bits per heavy atom. The fraction of sp³-hybridized carbons (Fsp3) is 0.909. The van der Waals surface area contributed by atoms with E-state index in [1.165, 1.54) is 6.42 Å². The Hall–Kier alpha value is -0.650. The van der Waals surface area contributed by atoms with Gasteiger partial charge in [-0.3, -0.25) is 9.69 Å². The number of nitrogens with zero attached hydrogens (tertiary/aromatic N) is 1. The van der Waals surface area contributed by atoms with E-state index in [9.17, 15) is 4.79 Å². The molecule has 0 amide bonds. The van der Waals surface area contributed by atoms with E-state index >= 15 is 0 Å². The van der Waals surface area contributed by atoms with E-state index in [1.54, 1.807) is 14.0 Å². The third-order valence-electron chi connectivity index (χ3n) is 3.11. The van der Waals surface area contributed by atoms with Crippen molar-refractivity contribution >= 4 is 5.97 Å². The number of hydrogen-bond donors (Lipinski definition) is 2. The summed E-state index contributed by atoms with van der Waals surface area (Å²) in [5, 5.41) is 12.4. The number of nitrogens with one attached hydrogen (secondary N) is 1. The first kappa shape index (κ1) is 13.4. The summed E-state index contributed by atoms with van der Waals surface area (Å²) >= 11 is 0. The summed E-state index contributed by atoms with van der Waals surface area (Å²) in [4.78, 5) is 12.9. The molecule has 0 bridgehead atoms. The van der Waals surface area contributed by atoms with Crippen LogP contribution >= 0.6 is 0 Å². The van der Waals surface area contributed by atoms with E-state index in [1.807, 2.05) is 4.90 Å². The molecule has 0 aromatic carbocycles. The molecule has 1 aliphatic heterocycles. The van der Waals surface area contributed by atoms with Crippen molar-refractivity contribution < 1.29 is 14.6 Å². The van der Waals surface area contributed by atoms with Crippen LogP contribution in [0.15, 0.2) is 0 Å². The summed E-state index contributed by atoms with van der Waals surface area (Å²) < 4.78 is 5.01. The number of carboxylic acids is 1. The summed E-state index contributed by atoms with van der Waals surface area (Å²) in [6.07, 6.45) is 2.32. The predicted octanol–water partition coefficient (Wildman–Crippen LogP) is 0.160. The Balaban J connectivity index is 2.44. The Morgan fingerprint density at radius 3 is 2.94 bits per heavy atom. The monoisotopic (exact) mass is 230 g/mol. The summed E-state index contributed by atoms with van der Waals surface area (Å²) in [6.45, 7) is 4.81. The smallest absolute Gasteiger partial charge is 0.320 e. The molecule has 94 valence electrons. The first-order chi connectivity index (χ1) is 7.65. The molecule has 16 heavy (non-hydrogen) atoms. The molecule has 0 aromatic heterocycles. The highest BCUT2D eigenvalue weighted by Gasteiger charge is 2.24. The van der Waals surface area contributed by atoms with Gasteiger partial charge in [-0.2, -0.15) is 0 Å². The Kier molecular flexibility index (Phi) is 5.73. The van der Waals surface area contributed by atoms with Gasteiger partial charge in [0, 0.05) is 26.2 Å². The molecule has 1 fully saturated rings. The maximum atomic E-state index is 11.0. The number of ether oxygens (including phenoxy) is 1. The average Bonchev–Trinajstić information content (AvgIpc) is 2.75. The quantitative estimate of drug-likeness (QED) is 0.652. The van der Waals surface area contributed by atoms with Crippen LogP contribution in [0.1, 0.15) is 19.8 Å². The van der Waals surface area contributed by atoms with Crippen molar-refractivity contribution in [3.8, 4) is 0 Å². The van der Waals surface area contributed by atoms with Crippen molar-refractivity contribution in [2.24, 2.45) is 0 Å². The molecule has 0 spiro atoms. The van der Waals surface area contributed by atoms with Crippen LogP contribution in [-0.2, 0) is 9.53 Å². The normalized spacial score (nSPS) is 22.6. The number of carboxylic acid groups (broad SMARTS) is 1. The van der Waals surface area contributed by atoms with Crippen LogP contribution in [0.4, 0.5) is 0 Å². The van der Waals surface area contributed by atoms with Gasteiger partial charge in [0.05, 0.1) is 6.61 Å². The highest BCUT2D eigenvalue weighted by atomic mass is 16.5. The molecular formula is C11H22N2O3. The average molecular weight is 230 g/mol. The second kappa shape index (κ2) is 6.83. The van der Waals surface area contributed by atoms with Crippen molar-refractivity contribution in [3.05, 3.63) is 0 Å². The zero-order valence-corrected chi connectivity index (χ0v) is 10.1. The number of aliphatic carboxylic acids is 1. The highest BCUT2D eigenvalue weighted by Crippen LogP contribution is 2.09. The fourth-order valence-corrected chi connectivity index (χ4v) is 2.00. The first-order valence-electron chi connectivity index (χ1n) is 5.84. The van der Waals surface area contributed by atoms with Gasteiger partial charge < -0.3 is 15.2 Å². The van der Waals surface area contributed by atoms with Crippen molar-refractivity contribution in [3.63, 3.8) is 0 Å². The van der Waals surface area contributed by atoms with Gasteiger partial charge in [-0.15, -0.1) is 0 Å². The molecule has 5 heteroatoms. The maximum absolute atomic E-state index is 11.0. The molecule has 1 saturated heterocycles. The molecular weight excluding hydrogens is 208 g/mol. The highest BCUT2D eigenvalue weighted by molar-refractivity contribution is 5.72. The number of hydrogen-bond acceptors (Lipinski definition) is 4. The van der Waals surface area contributed by atoms with Crippen LogP contribution in [-0.4, -0.2) is 61.4 Å². The van der Waals surface area contributed by atoms with Crippen molar-refractivity contribution in [2.75, 3.05) is 33.4 Å². The Labute approximate surface area is 96.8 Å². The molecule has 1 heterocycles. The molecule has 0 saturated carbocycles. The fourth-order valence-electron chi connectivity index (χ4n) is 2.00. The SMILES string of the molecule is COCCN(CC1CCCN1)C(C)C(=O)O. The molecule has 0 radical (unpaired) electrons. The molecule has 2 atom stereocenters. The van der Waals surface area contributed by atoms with Crippen LogP contribution in [0.2, 0.25) is 0 Å². The summed E-state index contributed by atoms with van der Waals surface area (Å²) in [5.74, 6) is -0.769. The molecule has 0 aromatic rings. The molecule has 0 aliphatic carbocycles. The molecule has 1 rings (SSSR count). The minimum Gasteiger partial charge on any atom is -0.480 e. The minimum atomic E-state index is -0.769. The van der Waals surface area contributed by atoms with Crippen LogP contribution < -0.4 is 5.32 Å². The third kappa shape index (κ3) is 4.08. The van der Waals surface area contributed by atoms with Crippen LogP contribution in [0.5, 0.6) is 0 Å². The predicted molar refractivity (Wildman–Crippen MR) is 61.6 cm³/mol. The molecule has 5 nitrogen and oxygen atoms in total. The standard InChI is InChI=1S/C11H22N2O3/c1-9(11(14)15)13(6-7-16-2)8-10-4-3-5-12-10/h9-10,12H,3-8H2,1-2H3,(H,14,15).